The van der Waals surface area contributed by atoms with Gasteiger partial charge in [-0.2, -0.15) is 0 Å². The number of carbonyl (C=O) groups is 1. The van der Waals surface area contributed by atoms with Gasteiger partial charge in [0.2, 0.25) is 0 Å². The summed E-state index contributed by atoms with van der Waals surface area (Å²) in [5.41, 5.74) is -0.455. The van der Waals surface area contributed by atoms with E-state index in [4.69, 9.17) is 0 Å². The van der Waals surface area contributed by atoms with E-state index in [2.05, 4.69) is 5.32 Å². The number of nitrogens with one attached hydrogen (secondary N) is 1. The van der Waals surface area contributed by atoms with Crippen LogP contribution in [0, 0.1) is 29.1 Å². The van der Waals surface area contributed by atoms with Gasteiger partial charge in [0.05, 0.1) is 11.6 Å². The summed E-state index contributed by atoms with van der Waals surface area (Å²) < 4.78 is 65.3. The summed E-state index contributed by atoms with van der Waals surface area (Å²) in [7, 11) is 0. The molecule has 0 fully saturated rings. The molecule has 1 atom stereocenters. The summed E-state index contributed by atoms with van der Waals surface area (Å²) in [6.07, 6.45) is 0. The predicted molar refractivity (Wildman–Crippen MR) is 68.6 cm³/mol. The van der Waals surface area contributed by atoms with Crippen molar-refractivity contribution in [2.45, 2.75) is 13.0 Å². The second kappa shape index (κ2) is 6.13. The summed E-state index contributed by atoms with van der Waals surface area (Å²) in [6.45, 7) is 1.51. The molecule has 1 amide bonds. The van der Waals surface area contributed by atoms with Crippen molar-refractivity contribution >= 4 is 5.91 Å². The van der Waals surface area contributed by atoms with E-state index in [9.17, 15) is 26.7 Å². The van der Waals surface area contributed by atoms with Crippen LogP contribution in [0.4, 0.5) is 22.0 Å². The average molecular weight is 315 g/mol. The van der Waals surface area contributed by atoms with Crippen molar-refractivity contribution in [2.24, 2.45) is 0 Å². The monoisotopic (exact) mass is 315 g/mol. The Kier molecular flexibility index (Phi) is 4.44. The summed E-state index contributed by atoms with van der Waals surface area (Å²) in [4.78, 5) is 11.9. The van der Waals surface area contributed by atoms with Crippen LogP contribution in [0.15, 0.2) is 30.3 Å². The minimum Gasteiger partial charge on any atom is -0.345 e. The Morgan fingerprint density at radius 2 is 1.55 bits per heavy atom. The van der Waals surface area contributed by atoms with Gasteiger partial charge >= 0.3 is 0 Å². The number of halogens is 5. The van der Waals surface area contributed by atoms with Crippen molar-refractivity contribution in [2.75, 3.05) is 0 Å². The predicted octanol–water partition coefficient (Wildman–Crippen LogP) is 3.87. The minimum absolute atomic E-state index is 0.278. The van der Waals surface area contributed by atoms with Crippen molar-refractivity contribution in [3.8, 4) is 0 Å². The number of rotatable bonds is 3. The Bertz CT molecular complexity index is 715. The molecule has 0 saturated carbocycles. The molecule has 0 unspecified atom stereocenters. The molecule has 0 aliphatic heterocycles. The Hall–Kier alpha value is -2.44. The van der Waals surface area contributed by atoms with E-state index < -0.39 is 46.6 Å². The Morgan fingerprint density at radius 1 is 0.955 bits per heavy atom. The molecule has 0 aliphatic carbocycles. The zero-order chi connectivity index (χ0) is 16.4. The number of hydrogen-bond donors (Lipinski definition) is 1. The Labute approximate surface area is 122 Å². The standard InChI is InChI=1S/C15H10F5NO/c1-7(8-2-4-9(16)5-3-8)21-15(22)10-6-11(17)13(19)14(20)12(10)18/h2-7H,1H3,(H,21,22)/t7-/m0/s1. The molecule has 1 N–H and O–H groups in total. The first kappa shape index (κ1) is 15.9. The first-order chi connectivity index (χ1) is 10.3. The van der Waals surface area contributed by atoms with E-state index >= 15 is 0 Å². The van der Waals surface area contributed by atoms with Crippen LogP contribution >= 0.6 is 0 Å². The van der Waals surface area contributed by atoms with Gasteiger partial charge in [-0.1, -0.05) is 12.1 Å². The van der Waals surface area contributed by atoms with Gasteiger partial charge in [-0.25, -0.2) is 22.0 Å². The molecule has 0 spiro atoms. The fourth-order valence-electron chi connectivity index (χ4n) is 1.85. The molecule has 0 heterocycles. The molecule has 2 nitrogen and oxygen atoms in total. The van der Waals surface area contributed by atoms with Gasteiger partial charge < -0.3 is 5.32 Å². The van der Waals surface area contributed by atoms with Gasteiger partial charge in [0.1, 0.15) is 5.82 Å². The minimum atomic E-state index is -2.06. The quantitative estimate of drug-likeness (QED) is 0.520. The van der Waals surface area contributed by atoms with Crippen LogP contribution in [0.25, 0.3) is 0 Å². The largest absolute Gasteiger partial charge is 0.345 e. The van der Waals surface area contributed by atoms with Crippen molar-refractivity contribution in [3.05, 3.63) is 70.5 Å². The highest BCUT2D eigenvalue weighted by molar-refractivity contribution is 5.94. The lowest BCUT2D eigenvalue weighted by Crippen LogP contribution is -2.28. The fourth-order valence-corrected chi connectivity index (χ4v) is 1.85. The summed E-state index contributed by atoms with van der Waals surface area (Å²) >= 11 is 0. The molecule has 0 aromatic heterocycles. The third kappa shape index (κ3) is 3.08. The van der Waals surface area contributed by atoms with Gasteiger partial charge in [-0.15, -0.1) is 0 Å². The van der Waals surface area contributed by atoms with Gasteiger partial charge in [0.15, 0.2) is 23.3 Å². The summed E-state index contributed by atoms with van der Waals surface area (Å²) in [5, 5.41) is 2.29. The highest BCUT2D eigenvalue weighted by Crippen LogP contribution is 2.20. The van der Waals surface area contributed by atoms with Crippen molar-refractivity contribution in [3.63, 3.8) is 0 Å². The zero-order valence-corrected chi connectivity index (χ0v) is 11.3. The zero-order valence-electron chi connectivity index (χ0n) is 11.3. The molecular formula is C15H10F5NO. The molecule has 0 bridgehead atoms. The third-order valence-electron chi connectivity index (χ3n) is 3.06. The second-order valence-electron chi connectivity index (χ2n) is 4.59. The lowest BCUT2D eigenvalue weighted by molar-refractivity contribution is 0.0933. The molecule has 0 aliphatic rings. The van der Waals surface area contributed by atoms with Crippen molar-refractivity contribution < 1.29 is 26.7 Å². The highest BCUT2D eigenvalue weighted by atomic mass is 19.2. The van der Waals surface area contributed by atoms with Crippen LogP contribution in [0.5, 0.6) is 0 Å². The lowest BCUT2D eigenvalue weighted by atomic mass is 10.1. The van der Waals surface area contributed by atoms with Crippen molar-refractivity contribution in [1.82, 2.24) is 5.32 Å². The molecule has 0 radical (unpaired) electrons. The Balaban J connectivity index is 2.24. The van der Waals surface area contributed by atoms with E-state index in [0.29, 0.717) is 5.56 Å². The normalized spacial score (nSPS) is 12.1. The van der Waals surface area contributed by atoms with Crippen LogP contribution in [0.3, 0.4) is 0 Å². The average Bonchev–Trinajstić information content (AvgIpc) is 2.49. The van der Waals surface area contributed by atoms with E-state index in [0.717, 1.165) is 12.1 Å². The lowest BCUT2D eigenvalue weighted by Gasteiger charge is -2.15. The highest BCUT2D eigenvalue weighted by Gasteiger charge is 2.23. The maximum Gasteiger partial charge on any atom is 0.254 e. The van der Waals surface area contributed by atoms with E-state index in [1.807, 2.05) is 0 Å². The van der Waals surface area contributed by atoms with Crippen molar-refractivity contribution in [1.29, 1.82) is 0 Å². The van der Waals surface area contributed by atoms with Crippen LogP contribution in [0.1, 0.15) is 28.9 Å². The maximum absolute atomic E-state index is 13.5. The van der Waals surface area contributed by atoms with E-state index in [1.54, 1.807) is 0 Å². The number of hydrogen-bond acceptors (Lipinski definition) is 1. The summed E-state index contributed by atoms with van der Waals surface area (Å²) in [6, 6.07) is 4.71. The van der Waals surface area contributed by atoms with Crippen LogP contribution in [-0.2, 0) is 0 Å². The first-order valence-electron chi connectivity index (χ1n) is 6.20. The van der Waals surface area contributed by atoms with Gasteiger partial charge in [0, 0.05) is 0 Å². The van der Waals surface area contributed by atoms with Crippen LogP contribution < -0.4 is 5.32 Å². The fraction of sp³-hybridized carbons (Fsp3) is 0.133. The molecule has 7 heteroatoms. The molecule has 0 saturated heterocycles. The first-order valence-corrected chi connectivity index (χ1v) is 6.20. The molecule has 22 heavy (non-hydrogen) atoms. The molecule has 2 aromatic rings. The Morgan fingerprint density at radius 3 is 2.14 bits per heavy atom. The summed E-state index contributed by atoms with van der Waals surface area (Å²) in [5.74, 6) is -9.08. The van der Waals surface area contributed by atoms with Gasteiger partial charge in [-0.05, 0) is 30.7 Å². The molecule has 116 valence electrons. The smallest absolute Gasteiger partial charge is 0.254 e. The van der Waals surface area contributed by atoms with Crippen LogP contribution in [0.2, 0.25) is 0 Å². The van der Waals surface area contributed by atoms with Crippen LogP contribution in [-0.4, -0.2) is 5.91 Å². The van der Waals surface area contributed by atoms with Gasteiger partial charge in [0.25, 0.3) is 5.91 Å². The number of amides is 1. The van der Waals surface area contributed by atoms with Gasteiger partial charge in [-0.3, -0.25) is 4.79 Å². The topological polar surface area (TPSA) is 29.1 Å². The second-order valence-corrected chi connectivity index (χ2v) is 4.59. The number of carbonyl (C=O) groups excluding carboxylic acids is 1. The van der Waals surface area contributed by atoms with E-state index in [1.165, 1.54) is 19.1 Å². The third-order valence-corrected chi connectivity index (χ3v) is 3.06. The van der Waals surface area contributed by atoms with E-state index in [-0.39, 0.29) is 6.07 Å². The molecule has 2 rings (SSSR count). The maximum atomic E-state index is 13.5. The number of benzene rings is 2. The molecular weight excluding hydrogens is 305 g/mol. The molecule has 2 aromatic carbocycles. The SMILES string of the molecule is C[C@H](NC(=O)c1cc(F)c(F)c(F)c1F)c1ccc(F)cc1.